The molecule has 3 heteroatoms. The third-order valence-electron chi connectivity index (χ3n) is 3.68. The molecule has 0 saturated carbocycles. The van der Waals surface area contributed by atoms with Crippen molar-refractivity contribution < 1.29 is 4.42 Å². The molecule has 0 aliphatic rings. The minimum atomic E-state index is 0.240. The molecule has 0 amide bonds. The van der Waals surface area contributed by atoms with E-state index in [2.05, 4.69) is 41.5 Å². The Hall–Kier alpha value is -2.13. The smallest absolute Gasteiger partial charge is 0.105 e. The topological polar surface area (TPSA) is 38.1 Å². The number of nitrogens with one attached hydrogen (secondary N) is 1. The van der Waals surface area contributed by atoms with Crippen LogP contribution >= 0.6 is 0 Å². The van der Waals surface area contributed by atoms with Crippen LogP contribution in [0.4, 0.5) is 0 Å². The first-order valence-electron chi connectivity index (χ1n) is 7.48. The van der Waals surface area contributed by atoms with E-state index in [1.807, 2.05) is 24.4 Å². The zero-order chi connectivity index (χ0) is 14.5. The molecule has 3 rings (SSSR count). The van der Waals surface area contributed by atoms with Crippen LogP contribution in [0.3, 0.4) is 0 Å². The molecule has 0 bridgehead atoms. The molecule has 0 spiro atoms. The summed E-state index contributed by atoms with van der Waals surface area (Å²) < 4.78 is 5.52. The Morgan fingerprint density at radius 2 is 2.05 bits per heavy atom. The van der Waals surface area contributed by atoms with Crippen molar-refractivity contribution in [2.24, 2.45) is 0 Å². The number of aromatic nitrogens is 1. The number of hydrogen-bond acceptors (Lipinski definition) is 3. The number of nitrogens with zero attached hydrogens (tertiary/aromatic N) is 1. The molecule has 3 aromatic rings. The fourth-order valence-corrected chi connectivity index (χ4v) is 2.66. The maximum atomic E-state index is 5.52. The molecule has 0 saturated heterocycles. The molecule has 21 heavy (non-hydrogen) atoms. The van der Waals surface area contributed by atoms with Crippen molar-refractivity contribution in [2.75, 3.05) is 6.54 Å². The largest absolute Gasteiger partial charge is 0.469 e. The van der Waals surface area contributed by atoms with E-state index in [0.29, 0.717) is 0 Å². The molecular weight excluding hydrogens is 260 g/mol. The highest BCUT2D eigenvalue weighted by molar-refractivity contribution is 5.82. The molecule has 0 radical (unpaired) electrons. The lowest BCUT2D eigenvalue weighted by molar-refractivity contribution is 0.450. The van der Waals surface area contributed by atoms with Crippen molar-refractivity contribution in [3.05, 3.63) is 66.2 Å². The second kappa shape index (κ2) is 6.55. The first kappa shape index (κ1) is 13.8. The van der Waals surface area contributed by atoms with Gasteiger partial charge in [-0.1, -0.05) is 25.1 Å². The first-order chi connectivity index (χ1) is 10.4. The summed E-state index contributed by atoms with van der Waals surface area (Å²) in [6, 6.07) is 14.6. The van der Waals surface area contributed by atoms with Crippen LogP contribution in [0.25, 0.3) is 10.9 Å². The minimum Gasteiger partial charge on any atom is -0.469 e. The van der Waals surface area contributed by atoms with Crippen LogP contribution in [-0.2, 0) is 6.42 Å². The van der Waals surface area contributed by atoms with E-state index >= 15 is 0 Å². The molecule has 0 fully saturated rings. The van der Waals surface area contributed by atoms with Crippen molar-refractivity contribution in [3.8, 4) is 0 Å². The van der Waals surface area contributed by atoms with Crippen LogP contribution in [0.15, 0.2) is 59.3 Å². The van der Waals surface area contributed by atoms with Gasteiger partial charge in [-0.25, -0.2) is 0 Å². The maximum Gasteiger partial charge on any atom is 0.105 e. The molecule has 2 heterocycles. The average molecular weight is 280 g/mol. The van der Waals surface area contributed by atoms with Gasteiger partial charge < -0.3 is 9.73 Å². The monoisotopic (exact) mass is 280 g/mol. The molecular formula is C18H20N2O. The van der Waals surface area contributed by atoms with Crippen LogP contribution in [0.5, 0.6) is 0 Å². The highest BCUT2D eigenvalue weighted by Gasteiger charge is 2.15. The summed E-state index contributed by atoms with van der Waals surface area (Å²) in [4.78, 5) is 4.45. The molecule has 3 nitrogen and oxygen atoms in total. The summed E-state index contributed by atoms with van der Waals surface area (Å²) in [7, 11) is 0. The summed E-state index contributed by atoms with van der Waals surface area (Å²) in [6.07, 6.45) is 5.58. The molecule has 0 aliphatic heterocycles. The standard InChI is InChI=1S/C18H20N2O/c1-2-10-19-18(13-14-6-5-12-21-14)16-9-11-20-17-8-4-3-7-15(16)17/h3-9,11-12,18-19H,2,10,13H2,1H3. The molecule has 1 unspecified atom stereocenters. The Labute approximate surface area is 125 Å². The van der Waals surface area contributed by atoms with Gasteiger partial charge in [-0.05, 0) is 42.8 Å². The third kappa shape index (κ3) is 3.14. The number of fused-ring (bicyclic) bond motifs is 1. The van der Waals surface area contributed by atoms with Gasteiger partial charge in [-0.15, -0.1) is 0 Å². The van der Waals surface area contributed by atoms with E-state index in [0.717, 1.165) is 30.7 Å². The second-order valence-corrected chi connectivity index (χ2v) is 5.21. The van der Waals surface area contributed by atoms with Crippen LogP contribution in [0, 0.1) is 0 Å². The summed E-state index contributed by atoms with van der Waals surface area (Å²) >= 11 is 0. The third-order valence-corrected chi connectivity index (χ3v) is 3.68. The summed E-state index contributed by atoms with van der Waals surface area (Å²) in [5.41, 5.74) is 2.32. The van der Waals surface area contributed by atoms with Crippen molar-refractivity contribution in [3.63, 3.8) is 0 Å². The highest BCUT2D eigenvalue weighted by atomic mass is 16.3. The van der Waals surface area contributed by atoms with Crippen molar-refractivity contribution >= 4 is 10.9 Å². The Morgan fingerprint density at radius 3 is 2.86 bits per heavy atom. The predicted octanol–water partition coefficient (Wildman–Crippen LogP) is 4.11. The number of pyridine rings is 1. The lowest BCUT2D eigenvalue weighted by atomic mass is 9.98. The normalized spacial score (nSPS) is 12.6. The number of rotatable bonds is 6. The zero-order valence-electron chi connectivity index (χ0n) is 12.3. The fourth-order valence-electron chi connectivity index (χ4n) is 2.66. The maximum absolute atomic E-state index is 5.52. The van der Waals surface area contributed by atoms with E-state index < -0.39 is 0 Å². The van der Waals surface area contributed by atoms with Gasteiger partial charge in [-0.3, -0.25) is 4.98 Å². The number of para-hydroxylation sites is 1. The molecule has 1 atom stereocenters. The van der Waals surface area contributed by atoms with Gasteiger partial charge in [0.05, 0.1) is 11.8 Å². The number of benzene rings is 1. The Bertz CT molecular complexity index is 686. The minimum absolute atomic E-state index is 0.240. The average Bonchev–Trinajstić information content (AvgIpc) is 3.04. The zero-order valence-corrected chi connectivity index (χ0v) is 12.3. The van der Waals surface area contributed by atoms with Crippen molar-refractivity contribution in [1.29, 1.82) is 0 Å². The molecule has 2 aromatic heterocycles. The van der Waals surface area contributed by atoms with Gasteiger partial charge in [0.2, 0.25) is 0 Å². The van der Waals surface area contributed by atoms with E-state index in [1.165, 1.54) is 10.9 Å². The summed E-state index contributed by atoms with van der Waals surface area (Å²) in [5.74, 6) is 1.00. The van der Waals surface area contributed by atoms with E-state index in [4.69, 9.17) is 4.42 Å². The molecule has 1 aromatic carbocycles. The van der Waals surface area contributed by atoms with Gasteiger partial charge in [0, 0.05) is 24.0 Å². The van der Waals surface area contributed by atoms with E-state index in [9.17, 15) is 0 Å². The lowest BCUT2D eigenvalue weighted by Gasteiger charge is -2.19. The molecule has 0 aliphatic carbocycles. The lowest BCUT2D eigenvalue weighted by Crippen LogP contribution is -2.24. The Balaban J connectivity index is 1.97. The first-order valence-corrected chi connectivity index (χ1v) is 7.48. The molecule has 108 valence electrons. The van der Waals surface area contributed by atoms with Gasteiger partial charge in [0.25, 0.3) is 0 Å². The van der Waals surface area contributed by atoms with Gasteiger partial charge in [0.15, 0.2) is 0 Å². The number of hydrogen-bond donors (Lipinski definition) is 1. The van der Waals surface area contributed by atoms with Gasteiger partial charge in [0.1, 0.15) is 5.76 Å². The quantitative estimate of drug-likeness (QED) is 0.738. The van der Waals surface area contributed by atoms with Crippen LogP contribution in [-0.4, -0.2) is 11.5 Å². The van der Waals surface area contributed by atoms with Crippen LogP contribution < -0.4 is 5.32 Å². The summed E-state index contributed by atoms with van der Waals surface area (Å²) in [5, 5.41) is 4.84. The second-order valence-electron chi connectivity index (χ2n) is 5.21. The van der Waals surface area contributed by atoms with E-state index in [-0.39, 0.29) is 6.04 Å². The van der Waals surface area contributed by atoms with Crippen LogP contribution in [0.2, 0.25) is 0 Å². The van der Waals surface area contributed by atoms with Gasteiger partial charge in [-0.2, -0.15) is 0 Å². The highest BCUT2D eigenvalue weighted by Crippen LogP contribution is 2.25. The van der Waals surface area contributed by atoms with Crippen molar-refractivity contribution in [2.45, 2.75) is 25.8 Å². The van der Waals surface area contributed by atoms with E-state index in [1.54, 1.807) is 6.26 Å². The Kier molecular flexibility index (Phi) is 4.31. The Morgan fingerprint density at radius 1 is 1.14 bits per heavy atom. The predicted molar refractivity (Wildman–Crippen MR) is 85.2 cm³/mol. The SMILES string of the molecule is CCCNC(Cc1ccco1)c1ccnc2ccccc12. The van der Waals surface area contributed by atoms with Crippen molar-refractivity contribution in [1.82, 2.24) is 10.3 Å². The summed E-state index contributed by atoms with van der Waals surface area (Å²) in [6.45, 7) is 3.17. The van der Waals surface area contributed by atoms with Crippen LogP contribution in [0.1, 0.15) is 30.7 Å². The molecule has 1 N–H and O–H groups in total. The van der Waals surface area contributed by atoms with Gasteiger partial charge >= 0.3 is 0 Å². The number of furan rings is 1. The fraction of sp³-hybridized carbons (Fsp3) is 0.278.